The lowest BCUT2D eigenvalue weighted by atomic mass is 9.78. The first-order valence-corrected chi connectivity index (χ1v) is 7.07. The highest BCUT2D eigenvalue weighted by molar-refractivity contribution is 5.07. The second-order valence-electron chi connectivity index (χ2n) is 6.31. The molecule has 4 heteroatoms. The number of H-pyrrole nitrogens is 1. The molecule has 3 rings (SSSR count). The molecule has 1 aromatic heterocycles. The third-order valence-corrected chi connectivity index (χ3v) is 4.69. The Balaban J connectivity index is 1.54. The number of aromatic amines is 1. The Kier molecular flexibility index (Phi) is 3.16. The van der Waals surface area contributed by atoms with Gasteiger partial charge in [-0.15, -0.1) is 0 Å². The second kappa shape index (κ2) is 4.67. The van der Waals surface area contributed by atoms with E-state index >= 15 is 0 Å². The number of hydrogen-bond acceptors (Lipinski definition) is 3. The standard InChI is InChI=1S/C14H24N4/c1-12-9-13(16-15-12)10-18-7-4-14(5-8-18)3-6-17(2)11-14/h9H,3-8,10-11H2,1-2H3,(H,15,16). The molecule has 0 unspecified atom stereocenters. The quantitative estimate of drug-likeness (QED) is 0.864. The van der Waals surface area contributed by atoms with E-state index in [-0.39, 0.29) is 0 Å². The summed E-state index contributed by atoms with van der Waals surface area (Å²) in [5, 5.41) is 7.37. The van der Waals surface area contributed by atoms with Crippen LogP contribution in [-0.2, 0) is 6.54 Å². The number of aryl methyl sites for hydroxylation is 1. The number of piperidine rings is 1. The highest BCUT2D eigenvalue weighted by atomic mass is 15.2. The molecule has 0 saturated carbocycles. The fraction of sp³-hybridized carbons (Fsp3) is 0.786. The first kappa shape index (κ1) is 12.2. The predicted octanol–water partition coefficient (Wildman–Crippen LogP) is 1.64. The molecule has 2 fully saturated rings. The SMILES string of the molecule is Cc1cc(CN2CCC3(CCN(C)C3)CC2)n[nH]1. The highest BCUT2D eigenvalue weighted by Crippen LogP contribution is 2.39. The lowest BCUT2D eigenvalue weighted by molar-refractivity contribution is 0.105. The summed E-state index contributed by atoms with van der Waals surface area (Å²) in [5.74, 6) is 0. The Bertz CT molecular complexity index is 404. The zero-order valence-corrected chi connectivity index (χ0v) is 11.6. The minimum absolute atomic E-state index is 0.632. The number of likely N-dealkylation sites (tertiary alicyclic amines) is 2. The fourth-order valence-corrected chi connectivity index (χ4v) is 3.54. The zero-order valence-electron chi connectivity index (χ0n) is 11.6. The molecule has 1 aromatic rings. The van der Waals surface area contributed by atoms with E-state index in [1.54, 1.807) is 0 Å². The monoisotopic (exact) mass is 248 g/mol. The van der Waals surface area contributed by atoms with Crippen LogP contribution in [0.25, 0.3) is 0 Å². The van der Waals surface area contributed by atoms with E-state index in [4.69, 9.17) is 0 Å². The van der Waals surface area contributed by atoms with Crippen molar-refractivity contribution in [1.29, 1.82) is 0 Å². The van der Waals surface area contributed by atoms with Gasteiger partial charge in [-0.1, -0.05) is 0 Å². The minimum atomic E-state index is 0.632. The Morgan fingerprint density at radius 3 is 2.56 bits per heavy atom. The summed E-state index contributed by atoms with van der Waals surface area (Å²) in [6.45, 7) is 8.15. The van der Waals surface area contributed by atoms with Crippen molar-refractivity contribution >= 4 is 0 Å². The first-order valence-electron chi connectivity index (χ1n) is 7.07. The van der Waals surface area contributed by atoms with Gasteiger partial charge in [0, 0.05) is 18.8 Å². The van der Waals surface area contributed by atoms with Crippen LogP contribution >= 0.6 is 0 Å². The lowest BCUT2D eigenvalue weighted by Crippen LogP contribution is -2.40. The normalized spacial score (nSPS) is 25.0. The summed E-state index contributed by atoms with van der Waals surface area (Å²) in [6, 6.07) is 2.16. The van der Waals surface area contributed by atoms with Crippen LogP contribution in [0, 0.1) is 12.3 Å². The summed E-state index contributed by atoms with van der Waals surface area (Å²) in [4.78, 5) is 5.05. The average molecular weight is 248 g/mol. The van der Waals surface area contributed by atoms with Crippen LogP contribution in [0.4, 0.5) is 0 Å². The Labute approximate surface area is 109 Å². The number of rotatable bonds is 2. The minimum Gasteiger partial charge on any atom is -0.306 e. The van der Waals surface area contributed by atoms with Gasteiger partial charge >= 0.3 is 0 Å². The Hall–Kier alpha value is -0.870. The van der Waals surface area contributed by atoms with Gasteiger partial charge in [-0.25, -0.2) is 0 Å². The average Bonchev–Trinajstić information content (AvgIpc) is 2.90. The highest BCUT2D eigenvalue weighted by Gasteiger charge is 2.39. The maximum Gasteiger partial charge on any atom is 0.0765 e. The van der Waals surface area contributed by atoms with Gasteiger partial charge in [0.15, 0.2) is 0 Å². The van der Waals surface area contributed by atoms with Crippen molar-refractivity contribution < 1.29 is 0 Å². The van der Waals surface area contributed by atoms with Crippen molar-refractivity contribution in [3.05, 3.63) is 17.5 Å². The zero-order chi connectivity index (χ0) is 12.6. The second-order valence-corrected chi connectivity index (χ2v) is 6.31. The summed E-state index contributed by atoms with van der Waals surface area (Å²) < 4.78 is 0. The topological polar surface area (TPSA) is 35.2 Å². The lowest BCUT2D eigenvalue weighted by Gasteiger charge is -2.39. The van der Waals surface area contributed by atoms with Gasteiger partial charge in [-0.2, -0.15) is 5.10 Å². The molecule has 18 heavy (non-hydrogen) atoms. The first-order chi connectivity index (χ1) is 8.65. The molecule has 100 valence electrons. The maximum absolute atomic E-state index is 4.34. The molecule has 1 N–H and O–H groups in total. The Morgan fingerprint density at radius 2 is 2.00 bits per heavy atom. The van der Waals surface area contributed by atoms with Gasteiger partial charge in [0.2, 0.25) is 0 Å². The number of aromatic nitrogens is 2. The van der Waals surface area contributed by atoms with Crippen LogP contribution in [0.2, 0.25) is 0 Å². The molecule has 0 aliphatic carbocycles. The molecule has 4 nitrogen and oxygen atoms in total. The molecule has 2 aliphatic heterocycles. The third-order valence-electron chi connectivity index (χ3n) is 4.69. The van der Waals surface area contributed by atoms with E-state index in [0.717, 1.165) is 12.2 Å². The fourth-order valence-electron chi connectivity index (χ4n) is 3.54. The molecule has 0 aromatic carbocycles. The molecular formula is C14H24N4. The number of nitrogens with one attached hydrogen (secondary N) is 1. The van der Waals surface area contributed by atoms with Crippen molar-refractivity contribution in [2.75, 3.05) is 33.2 Å². The van der Waals surface area contributed by atoms with E-state index in [9.17, 15) is 0 Å². The van der Waals surface area contributed by atoms with Crippen LogP contribution in [0.15, 0.2) is 6.07 Å². The molecule has 0 radical (unpaired) electrons. The van der Waals surface area contributed by atoms with Gasteiger partial charge < -0.3 is 4.90 Å². The van der Waals surface area contributed by atoms with Crippen LogP contribution in [0.5, 0.6) is 0 Å². The van der Waals surface area contributed by atoms with Gasteiger partial charge in [0.05, 0.1) is 5.69 Å². The summed E-state index contributed by atoms with van der Waals surface area (Å²) >= 11 is 0. The van der Waals surface area contributed by atoms with Crippen molar-refractivity contribution in [2.45, 2.75) is 32.7 Å². The van der Waals surface area contributed by atoms with Crippen molar-refractivity contribution in [2.24, 2.45) is 5.41 Å². The molecule has 0 atom stereocenters. The smallest absolute Gasteiger partial charge is 0.0765 e. The third kappa shape index (κ3) is 2.45. The van der Waals surface area contributed by atoms with E-state index < -0.39 is 0 Å². The van der Waals surface area contributed by atoms with Crippen LogP contribution in [0.3, 0.4) is 0 Å². The van der Waals surface area contributed by atoms with Gasteiger partial charge in [-0.3, -0.25) is 10.00 Å². The van der Waals surface area contributed by atoms with E-state index in [1.165, 1.54) is 51.1 Å². The van der Waals surface area contributed by atoms with Crippen molar-refractivity contribution in [3.8, 4) is 0 Å². The van der Waals surface area contributed by atoms with Gasteiger partial charge in [0.25, 0.3) is 0 Å². The molecule has 2 aliphatic rings. The number of hydrogen-bond donors (Lipinski definition) is 1. The predicted molar refractivity (Wildman–Crippen MR) is 72.4 cm³/mol. The van der Waals surface area contributed by atoms with Crippen molar-refractivity contribution in [1.82, 2.24) is 20.0 Å². The molecule has 3 heterocycles. The van der Waals surface area contributed by atoms with Crippen LogP contribution in [-0.4, -0.2) is 53.2 Å². The van der Waals surface area contributed by atoms with E-state index in [0.29, 0.717) is 5.41 Å². The van der Waals surface area contributed by atoms with E-state index in [1.807, 2.05) is 0 Å². The van der Waals surface area contributed by atoms with Crippen LogP contribution in [0.1, 0.15) is 30.7 Å². The Morgan fingerprint density at radius 1 is 1.28 bits per heavy atom. The van der Waals surface area contributed by atoms with Crippen molar-refractivity contribution in [3.63, 3.8) is 0 Å². The van der Waals surface area contributed by atoms with Gasteiger partial charge in [-0.05, 0) is 64.3 Å². The maximum atomic E-state index is 4.34. The van der Waals surface area contributed by atoms with Crippen LogP contribution < -0.4 is 0 Å². The molecular weight excluding hydrogens is 224 g/mol. The molecule has 1 spiro atoms. The molecule has 0 amide bonds. The van der Waals surface area contributed by atoms with Gasteiger partial charge in [0.1, 0.15) is 0 Å². The largest absolute Gasteiger partial charge is 0.306 e. The number of nitrogens with zero attached hydrogens (tertiary/aromatic N) is 3. The summed E-state index contributed by atoms with van der Waals surface area (Å²) in [6.07, 6.45) is 4.13. The summed E-state index contributed by atoms with van der Waals surface area (Å²) in [7, 11) is 2.26. The summed E-state index contributed by atoms with van der Waals surface area (Å²) in [5.41, 5.74) is 2.98. The van der Waals surface area contributed by atoms with E-state index in [2.05, 4.69) is 40.0 Å². The molecule has 2 saturated heterocycles. The molecule has 0 bridgehead atoms.